The van der Waals surface area contributed by atoms with E-state index in [-0.39, 0.29) is 6.61 Å². The molecule has 124 valence electrons. The van der Waals surface area contributed by atoms with Gasteiger partial charge in [-0.05, 0) is 48.6 Å². The van der Waals surface area contributed by atoms with Crippen LogP contribution in [-0.4, -0.2) is 24.4 Å². The third-order valence-electron chi connectivity index (χ3n) is 4.25. The van der Waals surface area contributed by atoms with E-state index in [0.29, 0.717) is 29.8 Å². The number of hydrogen-bond donors (Lipinski definition) is 2. The Balaban J connectivity index is 1.47. The van der Waals surface area contributed by atoms with Gasteiger partial charge in [-0.2, -0.15) is 5.26 Å². The molecule has 3 rings (SSSR count). The van der Waals surface area contributed by atoms with E-state index in [2.05, 4.69) is 35.7 Å². The fourth-order valence-corrected chi connectivity index (χ4v) is 2.79. The first-order valence-electron chi connectivity index (χ1n) is 8.35. The quantitative estimate of drug-likeness (QED) is 0.784. The Morgan fingerprint density at radius 1 is 1.12 bits per heavy atom. The largest absolute Gasteiger partial charge is 0.491 e. The number of aliphatic hydroxyl groups is 1. The first-order chi connectivity index (χ1) is 11.8. The van der Waals surface area contributed by atoms with Gasteiger partial charge < -0.3 is 15.2 Å². The van der Waals surface area contributed by atoms with E-state index in [1.165, 1.54) is 18.4 Å². The zero-order valence-corrected chi connectivity index (χ0v) is 13.6. The van der Waals surface area contributed by atoms with Gasteiger partial charge in [0.2, 0.25) is 0 Å². The van der Waals surface area contributed by atoms with Gasteiger partial charge in [-0.25, -0.2) is 0 Å². The monoisotopic (exact) mass is 322 g/mol. The minimum absolute atomic E-state index is 0.227. The predicted molar refractivity (Wildman–Crippen MR) is 92.6 cm³/mol. The van der Waals surface area contributed by atoms with Crippen LogP contribution in [0.3, 0.4) is 0 Å². The third-order valence-corrected chi connectivity index (χ3v) is 4.25. The number of nitrogens with zero attached hydrogens (tertiary/aromatic N) is 1. The Hall–Kier alpha value is -2.35. The minimum Gasteiger partial charge on any atom is -0.491 e. The van der Waals surface area contributed by atoms with Crippen LogP contribution in [0.1, 0.15) is 30.0 Å². The van der Waals surface area contributed by atoms with Crippen molar-refractivity contribution in [2.24, 2.45) is 5.92 Å². The number of hydrogen-bond acceptors (Lipinski definition) is 4. The van der Waals surface area contributed by atoms with Crippen LogP contribution < -0.4 is 10.1 Å². The number of nitrogens with one attached hydrogen (secondary N) is 1. The zero-order chi connectivity index (χ0) is 16.8. The summed E-state index contributed by atoms with van der Waals surface area (Å²) in [6.07, 6.45) is 1.90. The number of aliphatic hydroxyl groups excluding tert-OH is 1. The first kappa shape index (κ1) is 16.5. The highest BCUT2D eigenvalue weighted by Crippen LogP contribution is 2.40. The van der Waals surface area contributed by atoms with Crippen molar-refractivity contribution in [1.82, 2.24) is 5.32 Å². The van der Waals surface area contributed by atoms with Gasteiger partial charge in [0.05, 0.1) is 11.6 Å². The summed E-state index contributed by atoms with van der Waals surface area (Å²) in [6.45, 7) is 0.720. The van der Waals surface area contributed by atoms with Crippen LogP contribution in [0.4, 0.5) is 0 Å². The van der Waals surface area contributed by atoms with Crippen molar-refractivity contribution in [3.8, 4) is 11.8 Å². The summed E-state index contributed by atoms with van der Waals surface area (Å²) in [5, 5.41) is 22.4. The van der Waals surface area contributed by atoms with Crippen LogP contribution in [0, 0.1) is 17.2 Å². The Labute approximate surface area is 142 Å². The summed E-state index contributed by atoms with van der Waals surface area (Å²) in [5.74, 6) is 1.33. The average Bonchev–Trinajstić information content (AvgIpc) is 3.46. The van der Waals surface area contributed by atoms with E-state index < -0.39 is 6.10 Å². The topological polar surface area (TPSA) is 65.3 Å². The first-order valence-corrected chi connectivity index (χ1v) is 8.35. The zero-order valence-electron chi connectivity index (χ0n) is 13.6. The fourth-order valence-electron chi connectivity index (χ4n) is 2.79. The average molecular weight is 322 g/mol. The Kier molecular flexibility index (Phi) is 5.47. The van der Waals surface area contributed by atoms with Gasteiger partial charge in [0.15, 0.2) is 0 Å². The molecule has 1 fully saturated rings. The summed E-state index contributed by atoms with van der Waals surface area (Å²) in [6, 6.07) is 19.7. The van der Waals surface area contributed by atoms with E-state index in [1.807, 2.05) is 6.07 Å². The van der Waals surface area contributed by atoms with Crippen molar-refractivity contribution in [1.29, 1.82) is 5.26 Å². The summed E-state index contributed by atoms with van der Waals surface area (Å²) >= 11 is 0. The molecule has 0 radical (unpaired) electrons. The molecule has 2 atom stereocenters. The van der Waals surface area contributed by atoms with Crippen molar-refractivity contribution in [2.45, 2.75) is 25.0 Å². The second kappa shape index (κ2) is 7.96. The van der Waals surface area contributed by atoms with E-state index in [9.17, 15) is 5.11 Å². The number of rotatable bonds is 8. The van der Waals surface area contributed by atoms with Crippen molar-refractivity contribution >= 4 is 0 Å². The maximum absolute atomic E-state index is 10.2. The molecule has 2 aromatic carbocycles. The second-order valence-electron chi connectivity index (χ2n) is 6.24. The van der Waals surface area contributed by atoms with E-state index in [1.54, 1.807) is 24.3 Å². The van der Waals surface area contributed by atoms with Gasteiger partial charge in [0.25, 0.3) is 0 Å². The van der Waals surface area contributed by atoms with E-state index in [0.717, 1.165) is 0 Å². The molecule has 4 heteroatoms. The molecule has 24 heavy (non-hydrogen) atoms. The number of ether oxygens (including phenoxy) is 1. The highest BCUT2D eigenvalue weighted by Gasteiger charge is 2.32. The van der Waals surface area contributed by atoms with Gasteiger partial charge in [0, 0.05) is 12.6 Å². The van der Waals surface area contributed by atoms with Crippen LogP contribution in [0.15, 0.2) is 54.6 Å². The lowest BCUT2D eigenvalue weighted by atomic mass is 10.0. The van der Waals surface area contributed by atoms with Crippen molar-refractivity contribution in [3.05, 3.63) is 65.7 Å². The van der Waals surface area contributed by atoms with Gasteiger partial charge in [-0.1, -0.05) is 30.3 Å². The molecular formula is C20H22N2O2. The lowest BCUT2D eigenvalue weighted by Gasteiger charge is -2.21. The molecule has 0 aromatic heterocycles. The van der Waals surface area contributed by atoms with Crippen LogP contribution in [0.2, 0.25) is 0 Å². The highest BCUT2D eigenvalue weighted by molar-refractivity contribution is 5.34. The molecule has 0 heterocycles. The summed E-state index contributed by atoms with van der Waals surface area (Å²) in [4.78, 5) is 0. The molecule has 0 aliphatic heterocycles. The van der Waals surface area contributed by atoms with Crippen molar-refractivity contribution < 1.29 is 9.84 Å². The smallest absolute Gasteiger partial charge is 0.119 e. The van der Waals surface area contributed by atoms with Crippen LogP contribution in [0.25, 0.3) is 0 Å². The molecule has 2 N–H and O–H groups in total. The van der Waals surface area contributed by atoms with Gasteiger partial charge in [0.1, 0.15) is 18.5 Å². The summed E-state index contributed by atoms with van der Waals surface area (Å²) in [5.41, 5.74) is 1.87. The predicted octanol–water partition coefficient (Wildman–Crippen LogP) is 3.04. The molecule has 0 spiro atoms. The van der Waals surface area contributed by atoms with Gasteiger partial charge in [-0.15, -0.1) is 0 Å². The lowest BCUT2D eigenvalue weighted by molar-refractivity contribution is 0.103. The van der Waals surface area contributed by atoms with Gasteiger partial charge in [-0.3, -0.25) is 0 Å². The maximum Gasteiger partial charge on any atom is 0.119 e. The number of nitriles is 1. The van der Waals surface area contributed by atoms with Crippen LogP contribution >= 0.6 is 0 Å². The fraction of sp³-hybridized carbons (Fsp3) is 0.350. The van der Waals surface area contributed by atoms with Crippen LogP contribution in [-0.2, 0) is 0 Å². The molecule has 1 aliphatic rings. The molecule has 0 bridgehead atoms. The molecular weight excluding hydrogens is 300 g/mol. The Morgan fingerprint density at radius 2 is 1.83 bits per heavy atom. The number of benzene rings is 2. The minimum atomic E-state index is -0.578. The van der Waals surface area contributed by atoms with Crippen molar-refractivity contribution in [2.75, 3.05) is 13.2 Å². The van der Waals surface area contributed by atoms with Crippen molar-refractivity contribution in [3.63, 3.8) is 0 Å². The molecule has 4 nitrogen and oxygen atoms in total. The SMILES string of the molecule is N#Cc1ccc(OCC(O)CNC(c2ccccc2)C2CC2)cc1. The molecule has 2 aromatic rings. The Bertz CT molecular complexity index is 675. The summed E-state index contributed by atoms with van der Waals surface area (Å²) < 4.78 is 5.58. The maximum atomic E-state index is 10.2. The normalized spacial score (nSPS) is 16.2. The van der Waals surface area contributed by atoms with Crippen LogP contribution in [0.5, 0.6) is 5.75 Å². The van der Waals surface area contributed by atoms with E-state index in [4.69, 9.17) is 10.00 Å². The standard InChI is InChI=1S/C20H22N2O2/c21-12-15-6-10-19(11-7-15)24-14-18(23)13-22-20(17-8-9-17)16-4-2-1-3-5-16/h1-7,10-11,17-18,20,22-23H,8-9,13-14H2. The Morgan fingerprint density at radius 3 is 2.46 bits per heavy atom. The van der Waals surface area contributed by atoms with E-state index >= 15 is 0 Å². The molecule has 0 saturated heterocycles. The summed E-state index contributed by atoms with van der Waals surface area (Å²) in [7, 11) is 0. The highest BCUT2D eigenvalue weighted by atomic mass is 16.5. The molecule has 0 amide bonds. The second-order valence-corrected chi connectivity index (χ2v) is 6.24. The molecule has 2 unspecified atom stereocenters. The van der Waals surface area contributed by atoms with Gasteiger partial charge >= 0.3 is 0 Å². The third kappa shape index (κ3) is 4.58. The molecule has 1 saturated carbocycles. The molecule has 1 aliphatic carbocycles. The lowest BCUT2D eigenvalue weighted by Crippen LogP contribution is -2.34.